The van der Waals surface area contributed by atoms with Crippen molar-refractivity contribution < 1.29 is 9.53 Å². The lowest BCUT2D eigenvalue weighted by Crippen LogP contribution is -2.32. The van der Waals surface area contributed by atoms with Crippen LogP contribution in [0.1, 0.15) is 18.4 Å². The Kier molecular flexibility index (Phi) is 3.97. The van der Waals surface area contributed by atoms with Crippen LogP contribution in [0.3, 0.4) is 0 Å². The highest BCUT2D eigenvalue weighted by Gasteiger charge is 2.41. The third-order valence-corrected chi connectivity index (χ3v) is 4.62. The van der Waals surface area contributed by atoms with E-state index in [1.165, 1.54) is 6.42 Å². The van der Waals surface area contributed by atoms with E-state index in [9.17, 15) is 4.79 Å². The van der Waals surface area contributed by atoms with Crippen molar-refractivity contribution in [3.63, 3.8) is 0 Å². The highest BCUT2D eigenvalue weighted by molar-refractivity contribution is 5.92. The number of likely N-dealkylation sites (tertiary alicyclic amines) is 1. The van der Waals surface area contributed by atoms with Crippen LogP contribution in [-0.2, 0) is 4.79 Å². The number of hydrogen-bond donors (Lipinski definition) is 1. The maximum Gasteiger partial charge on any atom is 0.246 e. The average molecular weight is 286 g/mol. The summed E-state index contributed by atoms with van der Waals surface area (Å²) in [6.07, 6.45) is 5.88. The van der Waals surface area contributed by atoms with Gasteiger partial charge >= 0.3 is 0 Å². The van der Waals surface area contributed by atoms with Crippen LogP contribution in [0.15, 0.2) is 30.3 Å². The van der Waals surface area contributed by atoms with Crippen molar-refractivity contribution in [2.75, 3.05) is 33.3 Å². The summed E-state index contributed by atoms with van der Waals surface area (Å²) in [5.74, 6) is 0.947. The second-order valence-corrected chi connectivity index (χ2v) is 6.04. The first kappa shape index (κ1) is 14.1. The first-order chi connectivity index (χ1) is 10.2. The molecule has 1 N–H and O–H groups in total. The van der Waals surface area contributed by atoms with E-state index in [0.717, 1.165) is 43.9 Å². The normalized spacial score (nSPS) is 25.1. The Labute approximate surface area is 125 Å². The molecule has 0 aliphatic carbocycles. The predicted molar refractivity (Wildman–Crippen MR) is 83.1 cm³/mol. The highest BCUT2D eigenvalue weighted by Crippen LogP contribution is 2.36. The lowest BCUT2D eigenvalue weighted by Gasteiger charge is -2.22. The Hall–Kier alpha value is -1.81. The van der Waals surface area contributed by atoms with Crippen molar-refractivity contribution in [3.8, 4) is 5.75 Å². The van der Waals surface area contributed by atoms with Crippen molar-refractivity contribution in [3.05, 3.63) is 35.9 Å². The van der Waals surface area contributed by atoms with Gasteiger partial charge in [-0.25, -0.2) is 0 Å². The molecule has 4 heteroatoms. The molecular formula is C17H22N2O2. The second-order valence-electron chi connectivity index (χ2n) is 6.04. The fraction of sp³-hybridized carbons (Fsp3) is 0.471. The van der Waals surface area contributed by atoms with E-state index in [1.54, 1.807) is 13.2 Å². The Morgan fingerprint density at radius 1 is 1.33 bits per heavy atom. The number of carbonyl (C=O) groups is 1. The Morgan fingerprint density at radius 3 is 2.81 bits per heavy atom. The van der Waals surface area contributed by atoms with Gasteiger partial charge in [0.15, 0.2) is 0 Å². The maximum absolute atomic E-state index is 12.3. The van der Waals surface area contributed by atoms with Crippen LogP contribution in [0.5, 0.6) is 5.75 Å². The minimum absolute atomic E-state index is 0.120. The molecule has 2 aliphatic rings. The SMILES string of the molecule is COc1ccc(/C=C/C(=O)N2CCC3(CCNC3)C2)cc1. The topological polar surface area (TPSA) is 41.6 Å². The third kappa shape index (κ3) is 3.10. The number of hydrogen-bond acceptors (Lipinski definition) is 3. The van der Waals surface area contributed by atoms with Gasteiger partial charge in [0.1, 0.15) is 5.75 Å². The molecule has 2 fully saturated rings. The number of methoxy groups -OCH3 is 1. The molecule has 1 spiro atoms. The third-order valence-electron chi connectivity index (χ3n) is 4.62. The van der Waals surface area contributed by atoms with Crippen molar-refractivity contribution in [2.45, 2.75) is 12.8 Å². The van der Waals surface area contributed by atoms with Crippen molar-refractivity contribution in [2.24, 2.45) is 5.41 Å². The van der Waals surface area contributed by atoms with E-state index in [-0.39, 0.29) is 5.91 Å². The minimum atomic E-state index is 0.120. The number of ether oxygens (including phenoxy) is 1. The molecular weight excluding hydrogens is 264 g/mol. The number of rotatable bonds is 3. The predicted octanol–water partition coefficient (Wildman–Crippen LogP) is 1.92. The zero-order valence-electron chi connectivity index (χ0n) is 12.5. The van der Waals surface area contributed by atoms with Gasteiger partial charge in [-0.3, -0.25) is 4.79 Å². The molecule has 1 amide bonds. The van der Waals surface area contributed by atoms with Crippen LogP contribution < -0.4 is 10.1 Å². The molecule has 1 unspecified atom stereocenters. The Balaban J connectivity index is 1.59. The minimum Gasteiger partial charge on any atom is -0.497 e. The van der Waals surface area contributed by atoms with Crippen molar-refractivity contribution >= 4 is 12.0 Å². The zero-order valence-corrected chi connectivity index (χ0v) is 12.5. The molecule has 1 atom stereocenters. The van der Waals surface area contributed by atoms with E-state index in [0.29, 0.717) is 5.41 Å². The first-order valence-corrected chi connectivity index (χ1v) is 7.53. The number of amides is 1. The fourth-order valence-electron chi connectivity index (χ4n) is 3.26. The van der Waals surface area contributed by atoms with Crippen LogP contribution in [0.2, 0.25) is 0 Å². The standard InChI is InChI=1S/C17H22N2O2/c1-21-15-5-2-14(3-6-15)4-7-16(20)19-11-9-17(13-19)8-10-18-12-17/h2-7,18H,8-13H2,1H3/b7-4+. The summed E-state index contributed by atoms with van der Waals surface area (Å²) >= 11 is 0. The quantitative estimate of drug-likeness (QED) is 0.863. The van der Waals surface area contributed by atoms with Gasteiger partial charge in [-0.2, -0.15) is 0 Å². The van der Waals surface area contributed by atoms with Crippen LogP contribution >= 0.6 is 0 Å². The van der Waals surface area contributed by atoms with Crippen LogP contribution in [0, 0.1) is 5.41 Å². The summed E-state index contributed by atoms with van der Waals surface area (Å²) in [5, 5.41) is 3.42. The Bertz CT molecular complexity index is 530. The summed E-state index contributed by atoms with van der Waals surface area (Å²) in [5.41, 5.74) is 1.35. The molecule has 1 aromatic carbocycles. The van der Waals surface area contributed by atoms with Gasteiger partial charge in [0.05, 0.1) is 7.11 Å². The highest BCUT2D eigenvalue weighted by atomic mass is 16.5. The van der Waals surface area contributed by atoms with E-state index < -0.39 is 0 Å². The van der Waals surface area contributed by atoms with Crippen LogP contribution in [0.4, 0.5) is 0 Å². The molecule has 112 valence electrons. The molecule has 0 radical (unpaired) electrons. The first-order valence-electron chi connectivity index (χ1n) is 7.53. The molecule has 2 heterocycles. The molecule has 0 saturated carbocycles. The largest absolute Gasteiger partial charge is 0.497 e. The number of carbonyl (C=O) groups excluding carboxylic acids is 1. The summed E-state index contributed by atoms with van der Waals surface area (Å²) in [6.45, 7) is 3.92. The maximum atomic E-state index is 12.3. The van der Waals surface area contributed by atoms with Gasteiger partial charge < -0.3 is 15.0 Å². The Morgan fingerprint density at radius 2 is 2.14 bits per heavy atom. The summed E-state index contributed by atoms with van der Waals surface area (Å²) in [7, 11) is 1.65. The number of benzene rings is 1. The molecule has 21 heavy (non-hydrogen) atoms. The van der Waals surface area contributed by atoms with Gasteiger partial charge in [-0.15, -0.1) is 0 Å². The van der Waals surface area contributed by atoms with Gasteiger partial charge in [0.25, 0.3) is 0 Å². The van der Waals surface area contributed by atoms with E-state index >= 15 is 0 Å². The van der Waals surface area contributed by atoms with Gasteiger partial charge in [-0.05, 0) is 43.2 Å². The second kappa shape index (κ2) is 5.90. The fourth-order valence-corrected chi connectivity index (χ4v) is 3.26. The molecule has 0 aromatic heterocycles. The molecule has 2 aliphatic heterocycles. The lowest BCUT2D eigenvalue weighted by atomic mass is 9.87. The monoisotopic (exact) mass is 286 g/mol. The van der Waals surface area contributed by atoms with E-state index in [2.05, 4.69) is 5.32 Å². The number of nitrogens with one attached hydrogen (secondary N) is 1. The molecule has 1 aromatic rings. The molecule has 2 saturated heterocycles. The lowest BCUT2D eigenvalue weighted by molar-refractivity contribution is -0.125. The van der Waals surface area contributed by atoms with Crippen LogP contribution in [-0.4, -0.2) is 44.1 Å². The summed E-state index contributed by atoms with van der Waals surface area (Å²) in [6, 6.07) is 7.71. The van der Waals surface area contributed by atoms with Crippen molar-refractivity contribution in [1.82, 2.24) is 10.2 Å². The average Bonchev–Trinajstić information content (AvgIpc) is 3.16. The van der Waals surface area contributed by atoms with Gasteiger partial charge in [0, 0.05) is 31.1 Å². The molecule has 0 bridgehead atoms. The summed E-state index contributed by atoms with van der Waals surface area (Å²) < 4.78 is 5.12. The van der Waals surface area contributed by atoms with Crippen molar-refractivity contribution in [1.29, 1.82) is 0 Å². The molecule has 4 nitrogen and oxygen atoms in total. The number of nitrogens with zero attached hydrogens (tertiary/aromatic N) is 1. The summed E-state index contributed by atoms with van der Waals surface area (Å²) in [4.78, 5) is 14.3. The van der Waals surface area contributed by atoms with Gasteiger partial charge in [0.2, 0.25) is 5.91 Å². The van der Waals surface area contributed by atoms with Gasteiger partial charge in [-0.1, -0.05) is 12.1 Å². The zero-order chi connectivity index (χ0) is 14.7. The van der Waals surface area contributed by atoms with E-state index in [4.69, 9.17) is 4.74 Å². The smallest absolute Gasteiger partial charge is 0.246 e. The van der Waals surface area contributed by atoms with E-state index in [1.807, 2.05) is 35.2 Å². The van der Waals surface area contributed by atoms with Crippen LogP contribution in [0.25, 0.3) is 6.08 Å². The molecule has 3 rings (SSSR count).